The number of amides is 3. The van der Waals surface area contributed by atoms with Crippen LogP contribution in [0.4, 0.5) is 9.18 Å². The molecule has 25 heavy (non-hydrogen) atoms. The number of benzene rings is 1. The summed E-state index contributed by atoms with van der Waals surface area (Å²) in [5.41, 5.74) is -1.84. The van der Waals surface area contributed by atoms with Gasteiger partial charge in [-0.05, 0) is 23.8 Å². The Morgan fingerprint density at radius 2 is 2.04 bits per heavy atom. The molecule has 0 bridgehead atoms. The average Bonchev–Trinajstić information content (AvgIpc) is 2.81. The summed E-state index contributed by atoms with van der Waals surface area (Å²) in [6, 6.07) is 3.75. The van der Waals surface area contributed by atoms with Gasteiger partial charge in [0.15, 0.2) is 0 Å². The molecule has 0 saturated carbocycles. The van der Waals surface area contributed by atoms with Gasteiger partial charge in [-0.25, -0.2) is 9.18 Å². The first kappa shape index (κ1) is 18.9. The summed E-state index contributed by atoms with van der Waals surface area (Å²) in [5, 5.41) is 23.5. The molecule has 1 unspecified atom stereocenters. The first-order valence-electron chi connectivity index (χ1n) is 7.44. The van der Waals surface area contributed by atoms with Crippen LogP contribution in [-0.2, 0) is 16.1 Å². The molecule has 0 radical (unpaired) electrons. The van der Waals surface area contributed by atoms with Crippen molar-refractivity contribution in [1.82, 2.24) is 15.5 Å². The minimum atomic E-state index is -2.22. The molecule has 1 aromatic carbocycles. The molecule has 0 spiro atoms. The SMILES string of the molecule is O=C(O)NCCN1CCC(O)(C(=O)NCc2cc(F)cc(Cl)c2)C1=O. The third kappa shape index (κ3) is 4.58. The molecule has 1 fully saturated rings. The van der Waals surface area contributed by atoms with E-state index in [2.05, 4.69) is 10.6 Å². The van der Waals surface area contributed by atoms with Crippen LogP contribution in [0.2, 0.25) is 5.02 Å². The van der Waals surface area contributed by atoms with Crippen LogP contribution in [0.5, 0.6) is 0 Å². The van der Waals surface area contributed by atoms with Crippen LogP contribution < -0.4 is 10.6 Å². The Balaban J connectivity index is 1.94. The number of nitrogens with one attached hydrogen (secondary N) is 2. The molecule has 4 N–H and O–H groups in total. The molecular formula is C15H17ClFN3O5. The Bertz CT molecular complexity index is 681. The highest BCUT2D eigenvalue weighted by Crippen LogP contribution is 2.23. The van der Waals surface area contributed by atoms with E-state index in [0.717, 1.165) is 6.07 Å². The van der Waals surface area contributed by atoms with Crippen molar-refractivity contribution in [3.05, 3.63) is 34.6 Å². The summed E-state index contributed by atoms with van der Waals surface area (Å²) >= 11 is 5.72. The van der Waals surface area contributed by atoms with Gasteiger partial charge in [-0.2, -0.15) is 0 Å². The van der Waals surface area contributed by atoms with E-state index in [-0.39, 0.29) is 37.6 Å². The van der Waals surface area contributed by atoms with Gasteiger partial charge in [-0.15, -0.1) is 0 Å². The van der Waals surface area contributed by atoms with Crippen molar-refractivity contribution in [1.29, 1.82) is 0 Å². The lowest BCUT2D eigenvalue weighted by atomic mass is 10.0. The first-order valence-corrected chi connectivity index (χ1v) is 7.82. The van der Waals surface area contributed by atoms with E-state index in [4.69, 9.17) is 16.7 Å². The van der Waals surface area contributed by atoms with E-state index >= 15 is 0 Å². The molecular weight excluding hydrogens is 357 g/mol. The highest BCUT2D eigenvalue weighted by atomic mass is 35.5. The molecule has 1 aliphatic rings. The van der Waals surface area contributed by atoms with Gasteiger partial charge in [-0.1, -0.05) is 11.6 Å². The third-order valence-electron chi connectivity index (χ3n) is 3.79. The number of carbonyl (C=O) groups is 3. The van der Waals surface area contributed by atoms with E-state index in [0.29, 0.717) is 5.56 Å². The van der Waals surface area contributed by atoms with E-state index in [1.54, 1.807) is 0 Å². The number of carboxylic acid groups (broad SMARTS) is 1. The number of hydrogen-bond acceptors (Lipinski definition) is 4. The van der Waals surface area contributed by atoms with E-state index in [1.165, 1.54) is 17.0 Å². The zero-order chi connectivity index (χ0) is 18.6. The van der Waals surface area contributed by atoms with Crippen molar-refractivity contribution in [2.75, 3.05) is 19.6 Å². The predicted molar refractivity (Wildman–Crippen MR) is 85.4 cm³/mol. The van der Waals surface area contributed by atoms with Crippen molar-refractivity contribution in [2.45, 2.75) is 18.6 Å². The second kappa shape index (κ2) is 7.66. The third-order valence-corrected chi connectivity index (χ3v) is 4.01. The fourth-order valence-electron chi connectivity index (χ4n) is 2.53. The maximum absolute atomic E-state index is 13.3. The van der Waals surface area contributed by atoms with Gasteiger partial charge in [0.05, 0.1) is 0 Å². The Morgan fingerprint density at radius 1 is 1.32 bits per heavy atom. The van der Waals surface area contributed by atoms with Crippen LogP contribution in [0.25, 0.3) is 0 Å². The summed E-state index contributed by atoms with van der Waals surface area (Å²) in [5.74, 6) is -2.26. The molecule has 1 heterocycles. The maximum atomic E-state index is 13.3. The van der Waals surface area contributed by atoms with Crippen LogP contribution in [-0.4, -0.2) is 58.3 Å². The van der Waals surface area contributed by atoms with Crippen molar-refractivity contribution in [3.8, 4) is 0 Å². The number of likely N-dealkylation sites (tertiary alicyclic amines) is 1. The lowest BCUT2D eigenvalue weighted by molar-refractivity contribution is -0.154. The van der Waals surface area contributed by atoms with Crippen molar-refractivity contribution >= 4 is 29.5 Å². The predicted octanol–water partition coefficient (Wildman–Crippen LogP) is 0.326. The second-order valence-electron chi connectivity index (χ2n) is 5.59. The van der Waals surface area contributed by atoms with E-state index < -0.39 is 29.3 Å². The van der Waals surface area contributed by atoms with Crippen molar-refractivity contribution in [2.24, 2.45) is 0 Å². The Hall–Kier alpha value is -2.39. The normalized spacial score (nSPS) is 19.8. The highest BCUT2D eigenvalue weighted by Gasteiger charge is 2.50. The largest absolute Gasteiger partial charge is 0.465 e. The molecule has 3 amide bonds. The van der Waals surface area contributed by atoms with Gasteiger partial charge < -0.3 is 25.7 Å². The number of aliphatic hydroxyl groups is 1. The molecule has 2 rings (SSSR count). The summed E-state index contributed by atoms with van der Waals surface area (Å²) in [7, 11) is 0. The molecule has 136 valence electrons. The van der Waals surface area contributed by atoms with Gasteiger partial charge in [0.2, 0.25) is 5.60 Å². The van der Waals surface area contributed by atoms with Crippen LogP contribution in [0, 0.1) is 5.82 Å². The van der Waals surface area contributed by atoms with Gasteiger partial charge in [0.1, 0.15) is 5.82 Å². The lowest BCUT2D eigenvalue weighted by Crippen LogP contribution is -2.52. The van der Waals surface area contributed by atoms with Crippen molar-refractivity contribution in [3.63, 3.8) is 0 Å². The second-order valence-corrected chi connectivity index (χ2v) is 6.03. The smallest absolute Gasteiger partial charge is 0.404 e. The lowest BCUT2D eigenvalue weighted by Gasteiger charge is -2.21. The summed E-state index contributed by atoms with van der Waals surface area (Å²) in [4.78, 5) is 36.0. The first-order chi connectivity index (χ1) is 11.7. The number of hydrogen-bond donors (Lipinski definition) is 4. The number of rotatable bonds is 6. The molecule has 8 nitrogen and oxygen atoms in total. The number of halogens is 2. The molecule has 0 aromatic heterocycles. The fraction of sp³-hybridized carbons (Fsp3) is 0.400. The zero-order valence-corrected chi connectivity index (χ0v) is 13.8. The Morgan fingerprint density at radius 3 is 2.68 bits per heavy atom. The molecule has 10 heteroatoms. The summed E-state index contributed by atoms with van der Waals surface area (Å²) in [6.07, 6.45) is -1.34. The quantitative estimate of drug-likeness (QED) is 0.536. The fourth-order valence-corrected chi connectivity index (χ4v) is 2.77. The van der Waals surface area contributed by atoms with Crippen LogP contribution >= 0.6 is 11.6 Å². The molecule has 1 atom stereocenters. The van der Waals surface area contributed by atoms with Crippen LogP contribution in [0.1, 0.15) is 12.0 Å². The minimum Gasteiger partial charge on any atom is -0.465 e. The standard InChI is InChI=1S/C15H17ClFN3O5/c16-10-5-9(6-11(17)7-10)8-19-12(21)15(25)1-3-20(13(15)22)4-2-18-14(23)24/h5-7,18,25H,1-4,8H2,(H,19,21)(H,23,24). The van der Waals surface area contributed by atoms with Gasteiger partial charge in [0.25, 0.3) is 11.8 Å². The molecule has 1 aliphatic heterocycles. The monoisotopic (exact) mass is 373 g/mol. The highest BCUT2D eigenvalue weighted by molar-refractivity contribution is 6.30. The maximum Gasteiger partial charge on any atom is 0.404 e. The molecule has 1 aromatic rings. The number of carbonyl (C=O) groups excluding carboxylic acids is 2. The van der Waals surface area contributed by atoms with E-state index in [1.807, 2.05) is 0 Å². The number of nitrogens with zero attached hydrogens (tertiary/aromatic N) is 1. The summed E-state index contributed by atoms with van der Waals surface area (Å²) < 4.78 is 13.3. The Labute approximate surface area is 147 Å². The van der Waals surface area contributed by atoms with Gasteiger partial charge in [-0.3, -0.25) is 9.59 Å². The van der Waals surface area contributed by atoms with Gasteiger partial charge >= 0.3 is 6.09 Å². The van der Waals surface area contributed by atoms with Crippen molar-refractivity contribution < 1.29 is 29.0 Å². The average molecular weight is 374 g/mol. The minimum absolute atomic E-state index is 0.0133. The van der Waals surface area contributed by atoms with Gasteiger partial charge in [0, 0.05) is 37.6 Å². The molecule has 0 aliphatic carbocycles. The van der Waals surface area contributed by atoms with Crippen LogP contribution in [0.3, 0.4) is 0 Å². The molecule has 1 saturated heterocycles. The topological polar surface area (TPSA) is 119 Å². The summed E-state index contributed by atoms with van der Waals surface area (Å²) in [6.45, 7) is 0.0448. The van der Waals surface area contributed by atoms with E-state index in [9.17, 15) is 23.9 Å². The Kier molecular flexibility index (Phi) is 5.81. The zero-order valence-electron chi connectivity index (χ0n) is 13.1. The van der Waals surface area contributed by atoms with Crippen LogP contribution in [0.15, 0.2) is 18.2 Å².